The summed E-state index contributed by atoms with van der Waals surface area (Å²) in [7, 11) is 3.96. The Morgan fingerprint density at radius 2 is 2.26 bits per heavy atom. The SMILES string of the molecule is COc1cccc(CCNCC2CCCCN2C)c1. The fourth-order valence-electron chi connectivity index (χ4n) is 2.73. The highest BCUT2D eigenvalue weighted by atomic mass is 16.5. The van der Waals surface area contributed by atoms with E-state index in [4.69, 9.17) is 4.74 Å². The summed E-state index contributed by atoms with van der Waals surface area (Å²) in [5.74, 6) is 0.949. The van der Waals surface area contributed by atoms with Gasteiger partial charge in [0.05, 0.1) is 7.11 Å². The molecule has 0 amide bonds. The molecule has 1 atom stereocenters. The minimum absolute atomic E-state index is 0.721. The minimum Gasteiger partial charge on any atom is -0.497 e. The monoisotopic (exact) mass is 262 g/mol. The molecule has 0 aliphatic carbocycles. The molecule has 1 aliphatic rings. The number of nitrogens with zero attached hydrogens (tertiary/aromatic N) is 1. The zero-order valence-corrected chi connectivity index (χ0v) is 12.2. The van der Waals surface area contributed by atoms with Crippen molar-refractivity contribution < 1.29 is 4.74 Å². The first kappa shape index (κ1) is 14.4. The van der Waals surface area contributed by atoms with Crippen molar-refractivity contribution in [2.75, 3.05) is 33.8 Å². The van der Waals surface area contributed by atoms with Gasteiger partial charge in [0.15, 0.2) is 0 Å². The molecule has 1 aliphatic heterocycles. The van der Waals surface area contributed by atoms with Crippen molar-refractivity contribution in [1.82, 2.24) is 10.2 Å². The Labute approximate surface area is 116 Å². The van der Waals surface area contributed by atoms with Gasteiger partial charge in [-0.25, -0.2) is 0 Å². The zero-order valence-electron chi connectivity index (χ0n) is 12.2. The van der Waals surface area contributed by atoms with Gasteiger partial charge in [-0.2, -0.15) is 0 Å². The van der Waals surface area contributed by atoms with Gasteiger partial charge in [-0.1, -0.05) is 18.6 Å². The maximum atomic E-state index is 5.24. The Balaban J connectivity index is 1.68. The molecule has 19 heavy (non-hydrogen) atoms. The standard InChI is InChI=1S/C16H26N2O/c1-18-11-4-3-7-15(18)13-17-10-9-14-6-5-8-16(12-14)19-2/h5-6,8,12,15,17H,3-4,7,9-11,13H2,1-2H3. The number of likely N-dealkylation sites (N-methyl/N-ethyl adjacent to an activating group) is 1. The highest BCUT2D eigenvalue weighted by Crippen LogP contribution is 2.14. The van der Waals surface area contributed by atoms with E-state index in [2.05, 4.69) is 35.5 Å². The van der Waals surface area contributed by atoms with Gasteiger partial charge in [-0.05, 0) is 57.1 Å². The first-order valence-electron chi connectivity index (χ1n) is 7.33. The molecule has 3 heteroatoms. The fraction of sp³-hybridized carbons (Fsp3) is 0.625. The van der Waals surface area contributed by atoms with E-state index in [1.165, 1.54) is 31.4 Å². The van der Waals surface area contributed by atoms with Crippen LogP contribution in [0.3, 0.4) is 0 Å². The molecular weight excluding hydrogens is 236 g/mol. The number of nitrogens with one attached hydrogen (secondary N) is 1. The van der Waals surface area contributed by atoms with E-state index in [9.17, 15) is 0 Å². The van der Waals surface area contributed by atoms with Crippen molar-refractivity contribution in [2.24, 2.45) is 0 Å². The Morgan fingerprint density at radius 3 is 3.05 bits per heavy atom. The fourth-order valence-corrected chi connectivity index (χ4v) is 2.73. The van der Waals surface area contributed by atoms with Crippen LogP contribution in [-0.2, 0) is 6.42 Å². The average molecular weight is 262 g/mol. The number of methoxy groups -OCH3 is 1. The molecule has 0 spiro atoms. The van der Waals surface area contributed by atoms with E-state index in [1.807, 2.05) is 6.07 Å². The van der Waals surface area contributed by atoms with Crippen molar-refractivity contribution in [2.45, 2.75) is 31.7 Å². The number of hydrogen-bond donors (Lipinski definition) is 1. The molecule has 0 radical (unpaired) electrons. The predicted octanol–water partition coefficient (Wildman–Crippen LogP) is 2.31. The third-order valence-electron chi connectivity index (χ3n) is 4.03. The van der Waals surface area contributed by atoms with Gasteiger partial charge in [0.1, 0.15) is 5.75 Å². The summed E-state index contributed by atoms with van der Waals surface area (Å²) >= 11 is 0. The van der Waals surface area contributed by atoms with Crippen LogP contribution in [-0.4, -0.2) is 44.7 Å². The van der Waals surface area contributed by atoms with Crippen LogP contribution in [0.1, 0.15) is 24.8 Å². The zero-order chi connectivity index (χ0) is 13.5. The molecule has 106 valence electrons. The maximum absolute atomic E-state index is 5.24. The van der Waals surface area contributed by atoms with Crippen LogP contribution in [0, 0.1) is 0 Å². The summed E-state index contributed by atoms with van der Waals surface area (Å²) < 4.78 is 5.24. The van der Waals surface area contributed by atoms with Crippen LogP contribution >= 0.6 is 0 Å². The van der Waals surface area contributed by atoms with E-state index < -0.39 is 0 Å². The lowest BCUT2D eigenvalue weighted by Gasteiger charge is -2.32. The van der Waals surface area contributed by atoms with Gasteiger partial charge in [0.25, 0.3) is 0 Å². The van der Waals surface area contributed by atoms with Gasteiger partial charge < -0.3 is 15.0 Å². The average Bonchev–Trinajstić information content (AvgIpc) is 2.45. The molecule has 1 heterocycles. The maximum Gasteiger partial charge on any atom is 0.119 e. The molecule has 2 rings (SSSR count). The number of rotatable bonds is 6. The third-order valence-corrected chi connectivity index (χ3v) is 4.03. The number of piperidine rings is 1. The van der Waals surface area contributed by atoms with E-state index in [1.54, 1.807) is 7.11 Å². The largest absolute Gasteiger partial charge is 0.497 e. The predicted molar refractivity (Wildman–Crippen MR) is 79.8 cm³/mol. The first-order chi connectivity index (χ1) is 9.29. The summed E-state index contributed by atoms with van der Waals surface area (Å²) in [6.45, 7) is 3.40. The van der Waals surface area contributed by atoms with E-state index in [-0.39, 0.29) is 0 Å². The molecule has 0 saturated carbocycles. The number of ether oxygens (including phenoxy) is 1. The Hall–Kier alpha value is -1.06. The summed E-state index contributed by atoms with van der Waals surface area (Å²) in [5.41, 5.74) is 1.34. The lowest BCUT2D eigenvalue weighted by molar-refractivity contribution is 0.182. The topological polar surface area (TPSA) is 24.5 Å². The van der Waals surface area contributed by atoms with Crippen molar-refractivity contribution in [3.8, 4) is 5.75 Å². The summed E-state index contributed by atoms with van der Waals surface area (Å²) in [5, 5.41) is 3.59. The number of hydrogen-bond acceptors (Lipinski definition) is 3. The highest BCUT2D eigenvalue weighted by Gasteiger charge is 2.17. The lowest BCUT2D eigenvalue weighted by Crippen LogP contribution is -2.43. The highest BCUT2D eigenvalue weighted by molar-refractivity contribution is 5.28. The van der Waals surface area contributed by atoms with Crippen LogP contribution in [0.4, 0.5) is 0 Å². The quantitative estimate of drug-likeness (QED) is 0.796. The molecule has 0 aromatic heterocycles. The smallest absolute Gasteiger partial charge is 0.119 e. The third kappa shape index (κ3) is 4.51. The second kappa shape index (κ2) is 7.51. The molecular formula is C16H26N2O. The Bertz CT molecular complexity index is 381. The molecule has 0 bridgehead atoms. The molecule has 1 aromatic rings. The van der Waals surface area contributed by atoms with Gasteiger partial charge in [0.2, 0.25) is 0 Å². The second-order valence-electron chi connectivity index (χ2n) is 5.44. The normalized spacial score (nSPS) is 20.4. The van der Waals surface area contributed by atoms with Crippen molar-refractivity contribution in [1.29, 1.82) is 0 Å². The van der Waals surface area contributed by atoms with Gasteiger partial charge >= 0.3 is 0 Å². The van der Waals surface area contributed by atoms with Crippen molar-refractivity contribution in [3.05, 3.63) is 29.8 Å². The van der Waals surface area contributed by atoms with Crippen LogP contribution in [0.25, 0.3) is 0 Å². The van der Waals surface area contributed by atoms with Crippen LogP contribution in [0.15, 0.2) is 24.3 Å². The first-order valence-corrected chi connectivity index (χ1v) is 7.33. The van der Waals surface area contributed by atoms with E-state index in [0.29, 0.717) is 0 Å². The lowest BCUT2D eigenvalue weighted by atomic mass is 10.0. The minimum atomic E-state index is 0.721. The second-order valence-corrected chi connectivity index (χ2v) is 5.44. The van der Waals surface area contributed by atoms with Gasteiger partial charge in [0, 0.05) is 12.6 Å². The number of likely N-dealkylation sites (tertiary alicyclic amines) is 1. The molecule has 1 unspecified atom stereocenters. The summed E-state index contributed by atoms with van der Waals surface area (Å²) in [6, 6.07) is 9.06. The van der Waals surface area contributed by atoms with Crippen LogP contribution in [0.2, 0.25) is 0 Å². The number of benzene rings is 1. The summed E-state index contributed by atoms with van der Waals surface area (Å²) in [4.78, 5) is 2.49. The Morgan fingerprint density at radius 1 is 1.37 bits per heavy atom. The molecule has 3 nitrogen and oxygen atoms in total. The van der Waals surface area contributed by atoms with Crippen molar-refractivity contribution >= 4 is 0 Å². The van der Waals surface area contributed by atoms with Crippen molar-refractivity contribution in [3.63, 3.8) is 0 Å². The van der Waals surface area contributed by atoms with Crippen LogP contribution in [0.5, 0.6) is 5.75 Å². The summed E-state index contributed by atoms with van der Waals surface area (Å²) in [6.07, 6.45) is 5.14. The van der Waals surface area contributed by atoms with Gasteiger partial charge in [-0.15, -0.1) is 0 Å². The van der Waals surface area contributed by atoms with Gasteiger partial charge in [-0.3, -0.25) is 0 Å². The molecule has 1 aromatic carbocycles. The molecule has 1 fully saturated rings. The molecule has 1 N–H and O–H groups in total. The molecule has 1 saturated heterocycles. The van der Waals surface area contributed by atoms with E-state index >= 15 is 0 Å². The van der Waals surface area contributed by atoms with E-state index in [0.717, 1.165) is 31.3 Å². The van der Waals surface area contributed by atoms with Crippen LogP contribution < -0.4 is 10.1 Å². The Kier molecular flexibility index (Phi) is 5.67.